The second kappa shape index (κ2) is 6.84. The van der Waals surface area contributed by atoms with Gasteiger partial charge in [0.05, 0.1) is 4.92 Å². The van der Waals surface area contributed by atoms with E-state index in [1.165, 1.54) is 11.9 Å². The van der Waals surface area contributed by atoms with Gasteiger partial charge in [0.15, 0.2) is 0 Å². The number of aromatic nitrogens is 2. The Morgan fingerprint density at radius 3 is 2.41 bits per heavy atom. The second-order valence-corrected chi connectivity index (χ2v) is 5.31. The summed E-state index contributed by atoms with van der Waals surface area (Å²) >= 11 is 0. The van der Waals surface area contributed by atoms with E-state index >= 15 is 0 Å². The quantitative estimate of drug-likeness (QED) is 0.629. The summed E-state index contributed by atoms with van der Waals surface area (Å²) in [5.74, 6) is 0.435. The highest BCUT2D eigenvalue weighted by atomic mass is 16.6. The van der Waals surface area contributed by atoms with Gasteiger partial charge in [-0.05, 0) is 26.3 Å². The Hall–Kier alpha value is -2.70. The number of nitro groups is 1. The first-order valence-electron chi connectivity index (χ1n) is 7.02. The van der Waals surface area contributed by atoms with Gasteiger partial charge in [0.2, 0.25) is 11.6 Å². The van der Waals surface area contributed by atoms with Crippen molar-refractivity contribution in [1.82, 2.24) is 9.97 Å². The van der Waals surface area contributed by atoms with Crippen molar-refractivity contribution in [3.63, 3.8) is 0 Å². The molecule has 0 aliphatic rings. The van der Waals surface area contributed by atoms with E-state index in [4.69, 9.17) is 0 Å². The third-order valence-electron chi connectivity index (χ3n) is 3.01. The fourth-order valence-electron chi connectivity index (χ4n) is 1.95. The second-order valence-electron chi connectivity index (χ2n) is 5.31. The van der Waals surface area contributed by atoms with Crippen molar-refractivity contribution in [2.24, 2.45) is 0 Å². The summed E-state index contributed by atoms with van der Waals surface area (Å²) < 4.78 is 0. The van der Waals surface area contributed by atoms with Crippen molar-refractivity contribution in [3.05, 3.63) is 51.8 Å². The number of aryl methyl sites for hydroxylation is 1. The number of hydrogen-bond acceptors (Lipinski definition) is 6. The van der Waals surface area contributed by atoms with Crippen LogP contribution in [0, 0.1) is 17.0 Å². The van der Waals surface area contributed by atoms with E-state index in [9.17, 15) is 10.1 Å². The zero-order valence-electron chi connectivity index (χ0n) is 12.8. The molecule has 0 bridgehead atoms. The van der Waals surface area contributed by atoms with Gasteiger partial charge in [0.25, 0.3) is 0 Å². The Labute approximate surface area is 129 Å². The summed E-state index contributed by atoms with van der Waals surface area (Å²) in [5, 5.41) is 17.3. The van der Waals surface area contributed by atoms with Gasteiger partial charge in [-0.15, -0.1) is 0 Å². The monoisotopic (exact) mass is 301 g/mol. The topological polar surface area (TPSA) is 93.0 Å². The van der Waals surface area contributed by atoms with Crippen LogP contribution in [-0.2, 0) is 6.54 Å². The molecule has 2 rings (SSSR count). The summed E-state index contributed by atoms with van der Waals surface area (Å²) in [5.41, 5.74) is 2.06. The number of nitrogens with one attached hydrogen (secondary N) is 2. The lowest BCUT2D eigenvalue weighted by atomic mass is 10.1. The Morgan fingerprint density at radius 2 is 1.82 bits per heavy atom. The summed E-state index contributed by atoms with van der Waals surface area (Å²) in [6, 6.07) is 7.98. The van der Waals surface area contributed by atoms with E-state index in [1.54, 1.807) is 0 Å². The zero-order chi connectivity index (χ0) is 16.1. The molecule has 0 unspecified atom stereocenters. The summed E-state index contributed by atoms with van der Waals surface area (Å²) in [7, 11) is 0. The number of nitrogens with zero attached hydrogens (tertiary/aromatic N) is 3. The normalized spacial score (nSPS) is 10.5. The molecule has 116 valence electrons. The van der Waals surface area contributed by atoms with E-state index < -0.39 is 4.92 Å². The van der Waals surface area contributed by atoms with Crippen molar-refractivity contribution in [2.45, 2.75) is 33.4 Å². The van der Waals surface area contributed by atoms with Crippen LogP contribution < -0.4 is 10.6 Å². The molecule has 0 saturated carbocycles. The molecule has 0 amide bonds. The van der Waals surface area contributed by atoms with Gasteiger partial charge in [0.1, 0.15) is 6.33 Å². The Balaban J connectivity index is 2.22. The molecule has 7 nitrogen and oxygen atoms in total. The first kappa shape index (κ1) is 15.7. The highest BCUT2D eigenvalue weighted by molar-refractivity contribution is 5.69. The van der Waals surface area contributed by atoms with Crippen LogP contribution >= 0.6 is 0 Å². The van der Waals surface area contributed by atoms with Crippen LogP contribution in [0.15, 0.2) is 30.6 Å². The van der Waals surface area contributed by atoms with Crippen LogP contribution in [0.25, 0.3) is 0 Å². The standard InChI is InChI=1S/C15H19N5O2/c1-10(2)19-15-13(20(21)22)14(17-9-18-15)16-8-12-6-4-11(3)5-7-12/h4-7,9-10H,8H2,1-3H3,(H2,16,17,18,19). The minimum absolute atomic E-state index is 0.0403. The summed E-state index contributed by atoms with van der Waals surface area (Å²) in [6.07, 6.45) is 1.31. The van der Waals surface area contributed by atoms with E-state index in [-0.39, 0.29) is 23.4 Å². The third-order valence-corrected chi connectivity index (χ3v) is 3.01. The maximum atomic E-state index is 11.3. The van der Waals surface area contributed by atoms with E-state index in [1.807, 2.05) is 45.0 Å². The van der Waals surface area contributed by atoms with Gasteiger partial charge in [-0.25, -0.2) is 9.97 Å². The minimum atomic E-state index is -0.470. The molecular formula is C15H19N5O2. The lowest BCUT2D eigenvalue weighted by Crippen LogP contribution is -2.14. The summed E-state index contributed by atoms with van der Waals surface area (Å²) in [6.45, 7) is 6.26. The van der Waals surface area contributed by atoms with E-state index in [0.29, 0.717) is 6.54 Å². The number of hydrogen-bond donors (Lipinski definition) is 2. The van der Waals surface area contributed by atoms with E-state index in [2.05, 4.69) is 20.6 Å². The van der Waals surface area contributed by atoms with Crippen molar-refractivity contribution in [1.29, 1.82) is 0 Å². The van der Waals surface area contributed by atoms with Gasteiger partial charge >= 0.3 is 5.69 Å². The van der Waals surface area contributed by atoms with Crippen LogP contribution in [0.5, 0.6) is 0 Å². The van der Waals surface area contributed by atoms with Crippen molar-refractivity contribution >= 4 is 17.3 Å². The fraction of sp³-hybridized carbons (Fsp3) is 0.333. The van der Waals surface area contributed by atoms with Gasteiger partial charge in [-0.2, -0.15) is 0 Å². The molecule has 22 heavy (non-hydrogen) atoms. The Morgan fingerprint density at radius 1 is 1.18 bits per heavy atom. The molecule has 1 aromatic heterocycles. The van der Waals surface area contributed by atoms with Crippen LogP contribution in [0.3, 0.4) is 0 Å². The first-order chi connectivity index (χ1) is 10.5. The predicted molar refractivity (Wildman–Crippen MR) is 86.0 cm³/mol. The number of benzene rings is 1. The number of rotatable bonds is 6. The van der Waals surface area contributed by atoms with E-state index in [0.717, 1.165) is 5.56 Å². The van der Waals surface area contributed by atoms with Gasteiger partial charge in [0, 0.05) is 12.6 Å². The van der Waals surface area contributed by atoms with Gasteiger partial charge < -0.3 is 10.6 Å². The van der Waals surface area contributed by atoms with Crippen LogP contribution in [0.4, 0.5) is 17.3 Å². The molecule has 1 aromatic carbocycles. The molecule has 7 heteroatoms. The largest absolute Gasteiger partial charge is 0.362 e. The maximum absolute atomic E-state index is 11.3. The molecule has 0 atom stereocenters. The van der Waals surface area contributed by atoms with Crippen molar-refractivity contribution in [2.75, 3.05) is 10.6 Å². The molecule has 0 spiro atoms. The maximum Gasteiger partial charge on any atom is 0.353 e. The fourth-order valence-corrected chi connectivity index (χ4v) is 1.95. The smallest absolute Gasteiger partial charge is 0.353 e. The van der Waals surface area contributed by atoms with Crippen molar-refractivity contribution < 1.29 is 4.92 Å². The molecule has 0 aliphatic heterocycles. The van der Waals surface area contributed by atoms with Crippen LogP contribution in [0.1, 0.15) is 25.0 Å². The molecule has 2 aromatic rings. The molecule has 0 aliphatic carbocycles. The number of anilines is 2. The average molecular weight is 301 g/mol. The van der Waals surface area contributed by atoms with Gasteiger partial charge in [-0.1, -0.05) is 29.8 Å². The van der Waals surface area contributed by atoms with Crippen LogP contribution in [-0.4, -0.2) is 20.9 Å². The lowest BCUT2D eigenvalue weighted by Gasteiger charge is -2.12. The third kappa shape index (κ3) is 3.91. The molecule has 0 radical (unpaired) electrons. The molecule has 0 saturated heterocycles. The molecular weight excluding hydrogens is 282 g/mol. The van der Waals surface area contributed by atoms with Crippen LogP contribution in [0.2, 0.25) is 0 Å². The lowest BCUT2D eigenvalue weighted by molar-refractivity contribution is -0.383. The SMILES string of the molecule is Cc1ccc(CNc2ncnc(NC(C)C)c2[N+](=O)[O-])cc1. The summed E-state index contributed by atoms with van der Waals surface area (Å²) in [4.78, 5) is 18.8. The average Bonchev–Trinajstić information content (AvgIpc) is 2.45. The Bertz CT molecular complexity index is 655. The highest BCUT2D eigenvalue weighted by Crippen LogP contribution is 2.29. The first-order valence-corrected chi connectivity index (χ1v) is 7.02. The molecule has 0 fully saturated rings. The predicted octanol–water partition coefficient (Wildman–Crippen LogP) is 3.13. The highest BCUT2D eigenvalue weighted by Gasteiger charge is 2.23. The molecule has 2 N–H and O–H groups in total. The van der Waals surface area contributed by atoms with Crippen molar-refractivity contribution in [3.8, 4) is 0 Å². The Kier molecular flexibility index (Phi) is 4.88. The minimum Gasteiger partial charge on any atom is -0.362 e. The zero-order valence-corrected chi connectivity index (χ0v) is 12.8. The molecule has 1 heterocycles. The van der Waals surface area contributed by atoms with Gasteiger partial charge in [-0.3, -0.25) is 10.1 Å².